The van der Waals surface area contributed by atoms with Crippen molar-refractivity contribution in [1.29, 1.82) is 0 Å². The molecule has 6 aliphatic rings. The zero-order chi connectivity index (χ0) is 13.4. The lowest BCUT2D eigenvalue weighted by Gasteiger charge is -2.70. The zero-order valence-electron chi connectivity index (χ0n) is 12.4. The van der Waals surface area contributed by atoms with Gasteiger partial charge < -0.3 is 4.74 Å². The molecule has 0 aromatic heterocycles. The lowest BCUT2D eigenvalue weighted by Crippen LogP contribution is -2.77. The largest absolute Gasteiger partial charge is 0.457 e. The third-order valence-corrected chi connectivity index (χ3v) is 7.71. The molecule has 0 N–H and O–H groups in total. The highest BCUT2D eigenvalue weighted by molar-refractivity contribution is 5.85. The standard InChI is InChI=1S/C18H26O2/c19-16-17(5-3-1-2-4-6-17)18(20-16)14-8-12-7-13(10-14)11-15(18)9-12/h12-15H,1-11H2. The first-order valence-electron chi connectivity index (χ1n) is 8.98. The van der Waals surface area contributed by atoms with E-state index in [4.69, 9.17) is 4.74 Å². The summed E-state index contributed by atoms with van der Waals surface area (Å²) >= 11 is 0. The van der Waals surface area contributed by atoms with Crippen molar-refractivity contribution in [2.24, 2.45) is 29.1 Å². The van der Waals surface area contributed by atoms with Gasteiger partial charge in [0.25, 0.3) is 0 Å². The van der Waals surface area contributed by atoms with E-state index in [0.717, 1.165) is 36.5 Å². The fraction of sp³-hybridized carbons (Fsp3) is 0.944. The van der Waals surface area contributed by atoms with Crippen LogP contribution >= 0.6 is 0 Å². The Morgan fingerprint density at radius 2 is 1.35 bits per heavy atom. The van der Waals surface area contributed by atoms with E-state index in [1.54, 1.807) is 0 Å². The molecule has 110 valence electrons. The molecule has 6 fully saturated rings. The maximum Gasteiger partial charge on any atom is 0.316 e. The number of hydrogen-bond acceptors (Lipinski definition) is 2. The first-order valence-corrected chi connectivity index (χ1v) is 8.98. The number of ether oxygens (including phenoxy) is 1. The summed E-state index contributed by atoms with van der Waals surface area (Å²) in [5.74, 6) is 3.55. The summed E-state index contributed by atoms with van der Waals surface area (Å²) in [6.45, 7) is 0. The van der Waals surface area contributed by atoms with Crippen LogP contribution in [0.2, 0.25) is 0 Å². The number of carbonyl (C=O) groups is 1. The average Bonchev–Trinajstić information content (AvgIpc) is 2.70. The van der Waals surface area contributed by atoms with E-state index in [9.17, 15) is 4.79 Å². The molecule has 4 bridgehead atoms. The second kappa shape index (κ2) is 3.81. The van der Waals surface area contributed by atoms with Crippen molar-refractivity contribution in [2.45, 2.75) is 76.2 Å². The molecule has 1 aliphatic heterocycles. The summed E-state index contributed by atoms with van der Waals surface area (Å²) in [5.41, 5.74) is -0.0477. The van der Waals surface area contributed by atoms with Crippen LogP contribution in [-0.2, 0) is 9.53 Å². The smallest absolute Gasteiger partial charge is 0.316 e. The van der Waals surface area contributed by atoms with Crippen LogP contribution in [0.3, 0.4) is 0 Å². The summed E-state index contributed by atoms with van der Waals surface area (Å²) in [7, 11) is 0. The van der Waals surface area contributed by atoms with Gasteiger partial charge in [0.1, 0.15) is 11.0 Å². The van der Waals surface area contributed by atoms with Crippen LogP contribution in [-0.4, -0.2) is 11.6 Å². The van der Waals surface area contributed by atoms with Crippen molar-refractivity contribution in [1.82, 2.24) is 0 Å². The molecule has 0 atom stereocenters. The number of rotatable bonds is 0. The van der Waals surface area contributed by atoms with E-state index in [1.165, 1.54) is 57.8 Å². The topological polar surface area (TPSA) is 26.3 Å². The van der Waals surface area contributed by atoms with Crippen LogP contribution in [0.5, 0.6) is 0 Å². The second-order valence-electron chi connectivity index (χ2n) is 8.48. The molecule has 2 spiro atoms. The summed E-state index contributed by atoms with van der Waals surface area (Å²) in [6, 6.07) is 0. The SMILES string of the molecule is O=C1OC2(C3CC4CC(C3)CC2C4)C12CCCCCC2. The summed E-state index contributed by atoms with van der Waals surface area (Å²) in [5, 5.41) is 0. The molecule has 0 aromatic carbocycles. The van der Waals surface area contributed by atoms with Crippen molar-refractivity contribution in [3.8, 4) is 0 Å². The Morgan fingerprint density at radius 3 is 1.85 bits per heavy atom. The molecule has 1 saturated heterocycles. The maximum absolute atomic E-state index is 12.5. The molecule has 5 aliphatic carbocycles. The molecule has 1 heterocycles. The Bertz CT molecular complexity index is 416. The fourth-order valence-corrected chi connectivity index (χ4v) is 7.22. The first kappa shape index (κ1) is 12.1. The van der Waals surface area contributed by atoms with Crippen LogP contribution in [0.25, 0.3) is 0 Å². The molecule has 20 heavy (non-hydrogen) atoms. The molecule has 0 radical (unpaired) electrons. The normalized spacial score (nSPS) is 51.9. The Kier molecular flexibility index (Phi) is 2.30. The van der Waals surface area contributed by atoms with Crippen LogP contribution in [0.4, 0.5) is 0 Å². The van der Waals surface area contributed by atoms with Crippen molar-refractivity contribution in [3.05, 3.63) is 0 Å². The molecule has 6 rings (SSSR count). The Morgan fingerprint density at radius 1 is 0.800 bits per heavy atom. The van der Waals surface area contributed by atoms with Gasteiger partial charge in [-0.2, -0.15) is 0 Å². The average molecular weight is 274 g/mol. The minimum Gasteiger partial charge on any atom is -0.457 e. The van der Waals surface area contributed by atoms with Crippen molar-refractivity contribution < 1.29 is 9.53 Å². The quantitative estimate of drug-likeness (QED) is 0.622. The molecule has 0 aromatic rings. The second-order valence-corrected chi connectivity index (χ2v) is 8.48. The number of carbonyl (C=O) groups excluding carboxylic acids is 1. The van der Waals surface area contributed by atoms with Crippen LogP contribution in [0.15, 0.2) is 0 Å². The van der Waals surface area contributed by atoms with Gasteiger partial charge in [0.2, 0.25) is 0 Å². The molecule has 5 saturated carbocycles. The van der Waals surface area contributed by atoms with E-state index >= 15 is 0 Å². The predicted molar refractivity (Wildman–Crippen MR) is 76.0 cm³/mol. The van der Waals surface area contributed by atoms with Gasteiger partial charge in [-0.25, -0.2) is 0 Å². The maximum atomic E-state index is 12.5. The molecule has 0 amide bonds. The van der Waals surface area contributed by atoms with E-state index in [-0.39, 0.29) is 17.0 Å². The van der Waals surface area contributed by atoms with E-state index in [1.807, 2.05) is 0 Å². The molecule has 2 nitrogen and oxygen atoms in total. The lowest BCUT2D eigenvalue weighted by molar-refractivity contribution is -0.314. The lowest BCUT2D eigenvalue weighted by atomic mass is 9.41. The van der Waals surface area contributed by atoms with Gasteiger partial charge in [0.05, 0.1) is 0 Å². The van der Waals surface area contributed by atoms with Crippen LogP contribution in [0.1, 0.15) is 70.6 Å². The molecule has 0 unspecified atom stereocenters. The van der Waals surface area contributed by atoms with E-state index in [2.05, 4.69) is 0 Å². The van der Waals surface area contributed by atoms with E-state index in [0.29, 0.717) is 0 Å². The number of hydrogen-bond donors (Lipinski definition) is 0. The third-order valence-electron chi connectivity index (χ3n) is 7.71. The highest BCUT2D eigenvalue weighted by Crippen LogP contribution is 2.71. The minimum absolute atomic E-state index is 0.00183. The molecular formula is C18H26O2. The highest BCUT2D eigenvalue weighted by Gasteiger charge is 2.76. The summed E-state index contributed by atoms with van der Waals surface area (Å²) in [4.78, 5) is 12.5. The predicted octanol–water partition coefficient (Wildman–Crippen LogP) is 4.08. The Hall–Kier alpha value is -0.530. The fourth-order valence-electron chi connectivity index (χ4n) is 7.22. The van der Waals surface area contributed by atoms with Gasteiger partial charge >= 0.3 is 5.97 Å². The van der Waals surface area contributed by atoms with Gasteiger partial charge in [-0.15, -0.1) is 0 Å². The van der Waals surface area contributed by atoms with Gasteiger partial charge in [-0.1, -0.05) is 25.7 Å². The minimum atomic E-state index is -0.0495. The van der Waals surface area contributed by atoms with Gasteiger partial charge in [-0.3, -0.25) is 4.79 Å². The summed E-state index contributed by atoms with van der Waals surface area (Å²) in [6.07, 6.45) is 14.4. The van der Waals surface area contributed by atoms with Crippen molar-refractivity contribution >= 4 is 5.97 Å². The van der Waals surface area contributed by atoms with Crippen LogP contribution < -0.4 is 0 Å². The number of esters is 1. The van der Waals surface area contributed by atoms with Gasteiger partial charge in [-0.05, 0) is 56.8 Å². The van der Waals surface area contributed by atoms with Crippen LogP contribution in [0, 0.1) is 29.1 Å². The Balaban J connectivity index is 1.57. The third kappa shape index (κ3) is 1.21. The van der Waals surface area contributed by atoms with Crippen molar-refractivity contribution in [3.63, 3.8) is 0 Å². The van der Waals surface area contributed by atoms with E-state index < -0.39 is 0 Å². The summed E-state index contributed by atoms with van der Waals surface area (Å²) < 4.78 is 6.11. The van der Waals surface area contributed by atoms with Crippen molar-refractivity contribution in [2.75, 3.05) is 0 Å². The highest BCUT2D eigenvalue weighted by atomic mass is 16.6. The van der Waals surface area contributed by atoms with Gasteiger partial charge in [0, 0.05) is 11.8 Å². The Labute approximate surface area is 121 Å². The zero-order valence-corrected chi connectivity index (χ0v) is 12.4. The monoisotopic (exact) mass is 274 g/mol. The molecule has 2 heteroatoms. The van der Waals surface area contributed by atoms with Gasteiger partial charge in [0.15, 0.2) is 0 Å². The first-order chi connectivity index (χ1) is 9.74. The molecular weight excluding hydrogens is 248 g/mol.